The predicted octanol–water partition coefficient (Wildman–Crippen LogP) is 4.96. The Labute approximate surface area is 150 Å². The minimum atomic E-state index is 0.560. The molecule has 2 heterocycles. The molecule has 0 spiro atoms. The lowest BCUT2D eigenvalue weighted by Crippen LogP contribution is -2.33. The normalized spacial score (nSPS) is 17.4. The molecule has 1 aliphatic heterocycles. The van der Waals surface area contributed by atoms with E-state index < -0.39 is 0 Å². The van der Waals surface area contributed by atoms with Gasteiger partial charge in [0.2, 0.25) is 0 Å². The highest BCUT2D eigenvalue weighted by Gasteiger charge is 2.26. The standard InChI is InChI=1S/C23H26N2/c1-18-14-24(15-20-9-5-3-6-10-20)17-22-13-19(2)25(23(18)22)16-21-11-7-4-8-12-21/h3-13,18H,14-17H2,1-2H3. The zero-order chi connectivity index (χ0) is 17.2. The molecule has 0 amide bonds. The first-order chi connectivity index (χ1) is 12.2. The zero-order valence-electron chi connectivity index (χ0n) is 15.2. The summed E-state index contributed by atoms with van der Waals surface area (Å²) in [4.78, 5) is 2.58. The molecule has 2 nitrogen and oxygen atoms in total. The van der Waals surface area contributed by atoms with Crippen molar-refractivity contribution in [2.75, 3.05) is 6.54 Å². The number of nitrogens with zero attached hydrogens (tertiary/aromatic N) is 2. The summed E-state index contributed by atoms with van der Waals surface area (Å²) in [5.41, 5.74) is 7.19. The van der Waals surface area contributed by atoms with Crippen molar-refractivity contribution in [2.45, 2.75) is 39.4 Å². The summed E-state index contributed by atoms with van der Waals surface area (Å²) in [5.74, 6) is 0.560. The monoisotopic (exact) mass is 330 g/mol. The van der Waals surface area contributed by atoms with E-state index in [-0.39, 0.29) is 0 Å². The van der Waals surface area contributed by atoms with Crippen molar-refractivity contribution in [3.05, 3.63) is 94.8 Å². The Bertz CT molecular complexity index is 833. The molecule has 25 heavy (non-hydrogen) atoms. The van der Waals surface area contributed by atoms with Crippen LogP contribution in [0.1, 0.15) is 40.9 Å². The van der Waals surface area contributed by atoms with Gasteiger partial charge in [-0.3, -0.25) is 4.90 Å². The van der Waals surface area contributed by atoms with Crippen molar-refractivity contribution in [3.8, 4) is 0 Å². The van der Waals surface area contributed by atoms with Gasteiger partial charge in [0.15, 0.2) is 0 Å². The van der Waals surface area contributed by atoms with E-state index in [2.05, 4.69) is 90.0 Å². The average molecular weight is 330 g/mol. The summed E-state index contributed by atoms with van der Waals surface area (Å²) < 4.78 is 2.52. The Hall–Kier alpha value is -2.32. The maximum Gasteiger partial charge on any atom is 0.0475 e. The molecule has 0 aliphatic carbocycles. The average Bonchev–Trinajstić information content (AvgIpc) is 2.92. The minimum absolute atomic E-state index is 0.560. The lowest BCUT2D eigenvalue weighted by Gasteiger charge is -2.32. The van der Waals surface area contributed by atoms with Gasteiger partial charge in [-0.1, -0.05) is 67.6 Å². The van der Waals surface area contributed by atoms with Gasteiger partial charge in [0.25, 0.3) is 0 Å². The molecule has 1 aliphatic rings. The fourth-order valence-corrected chi connectivity index (χ4v) is 4.19. The molecule has 0 fully saturated rings. The Morgan fingerprint density at radius 2 is 1.48 bits per heavy atom. The molecule has 3 aromatic rings. The van der Waals surface area contributed by atoms with Crippen LogP contribution in [0.15, 0.2) is 66.7 Å². The highest BCUT2D eigenvalue weighted by molar-refractivity contribution is 5.34. The highest BCUT2D eigenvalue weighted by atomic mass is 15.1. The van der Waals surface area contributed by atoms with Crippen LogP contribution >= 0.6 is 0 Å². The van der Waals surface area contributed by atoms with Gasteiger partial charge in [0, 0.05) is 43.5 Å². The molecule has 1 aromatic heterocycles. The van der Waals surface area contributed by atoms with Crippen LogP contribution in [0.4, 0.5) is 0 Å². The summed E-state index contributed by atoms with van der Waals surface area (Å²) in [6, 6.07) is 24.0. The van der Waals surface area contributed by atoms with Gasteiger partial charge in [-0.05, 0) is 29.7 Å². The van der Waals surface area contributed by atoms with E-state index >= 15 is 0 Å². The SMILES string of the molecule is Cc1cc2c(n1Cc1ccccc1)C(C)CN(Cc1ccccc1)C2. The fraction of sp³-hybridized carbons (Fsp3) is 0.304. The first kappa shape index (κ1) is 16.2. The van der Waals surface area contributed by atoms with E-state index in [4.69, 9.17) is 0 Å². The number of aromatic nitrogens is 1. The maximum atomic E-state index is 2.58. The molecule has 1 atom stereocenters. The second kappa shape index (κ2) is 6.89. The molecule has 0 saturated heterocycles. The molecule has 0 N–H and O–H groups in total. The van der Waals surface area contributed by atoms with Gasteiger partial charge in [-0.25, -0.2) is 0 Å². The van der Waals surface area contributed by atoms with Crippen molar-refractivity contribution >= 4 is 0 Å². The van der Waals surface area contributed by atoms with Crippen LogP contribution in [0, 0.1) is 6.92 Å². The van der Waals surface area contributed by atoms with E-state index in [9.17, 15) is 0 Å². The summed E-state index contributed by atoms with van der Waals surface area (Å²) in [6.45, 7) is 8.81. The highest BCUT2D eigenvalue weighted by Crippen LogP contribution is 2.32. The molecule has 1 unspecified atom stereocenters. The van der Waals surface area contributed by atoms with Gasteiger partial charge in [0.1, 0.15) is 0 Å². The molecule has 2 aromatic carbocycles. The van der Waals surface area contributed by atoms with Gasteiger partial charge < -0.3 is 4.57 Å². The third-order valence-corrected chi connectivity index (χ3v) is 5.25. The fourth-order valence-electron chi connectivity index (χ4n) is 4.19. The predicted molar refractivity (Wildman–Crippen MR) is 104 cm³/mol. The molecule has 4 rings (SSSR count). The van der Waals surface area contributed by atoms with E-state index in [0.717, 1.165) is 26.2 Å². The topological polar surface area (TPSA) is 8.17 Å². The van der Waals surface area contributed by atoms with Crippen LogP contribution < -0.4 is 0 Å². The lowest BCUT2D eigenvalue weighted by molar-refractivity contribution is 0.223. The summed E-state index contributed by atoms with van der Waals surface area (Å²) >= 11 is 0. The van der Waals surface area contributed by atoms with Crippen LogP contribution in [0.3, 0.4) is 0 Å². The van der Waals surface area contributed by atoms with Crippen molar-refractivity contribution in [2.24, 2.45) is 0 Å². The number of rotatable bonds is 4. The third-order valence-electron chi connectivity index (χ3n) is 5.25. The summed E-state index contributed by atoms with van der Waals surface area (Å²) in [5, 5.41) is 0. The summed E-state index contributed by atoms with van der Waals surface area (Å²) in [6.07, 6.45) is 0. The lowest BCUT2D eigenvalue weighted by atomic mass is 9.97. The quantitative estimate of drug-likeness (QED) is 0.656. The van der Waals surface area contributed by atoms with Crippen LogP contribution in [-0.4, -0.2) is 16.0 Å². The minimum Gasteiger partial charge on any atom is -0.344 e. The number of fused-ring (bicyclic) bond motifs is 1. The molecule has 0 radical (unpaired) electrons. The maximum absolute atomic E-state index is 2.58. The smallest absolute Gasteiger partial charge is 0.0475 e. The van der Waals surface area contributed by atoms with Crippen molar-refractivity contribution in [3.63, 3.8) is 0 Å². The van der Waals surface area contributed by atoms with Crippen molar-refractivity contribution < 1.29 is 0 Å². The van der Waals surface area contributed by atoms with E-state index in [0.29, 0.717) is 5.92 Å². The van der Waals surface area contributed by atoms with Gasteiger partial charge in [-0.15, -0.1) is 0 Å². The van der Waals surface area contributed by atoms with Crippen molar-refractivity contribution in [1.29, 1.82) is 0 Å². The Morgan fingerprint density at radius 1 is 0.880 bits per heavy atom. The molecular formula is C23H26N2. The number of benzene rings is 2. The number of hydrogen-bond acceptors (Lipinski definition) is 1. The molecular weight excluding hydrogens is 304 g/mol. The van der Waals surface area contributed by atoms with E-state index in [1.54, 1.807) is 0 Å². The van der Waals surface area contributed by atoms with E-state index in [1.165, 1.54) is 28.1 Å². The Balaban J connectivity index is 1.58. The first-order valence-corrected chi connectivity index (χ1v) is 9.20. The molecule has 0 bridgehead atoms. The molecule has 0 saturated carbocycles. The van der Waals surface area contributed by atoms with Gasteiger partial charge in [-0.2, -0.15) is 0 Å². The molecule has 128 valence electrons. The van der Waals surface area contributed by atoms with Crippen LogP contribution in [0.2, 0.25) is 0 Å². The Morgan fingerprint density at radius 3 is 2.12 bits per heavy atom. The Kier molecular flexibility index (Phi) is 4.46. The molecule has 2 heteroatoms. The van der Waals surface area contributed by atoms with Crippen molar-refractivity contribution in [1.82, 2.24) is 9.47 Å². The zero-order valence-corrected chi connectivity index (χ0v) is 15.2. The number of hydrogen-bond donors (Lipinski definition) is 0. The first-order valence-electron chi connectivity index (χ1n) is 9.20. The van der Waals surface area contributed by atoms with Gasteiger partial charge in [0.05, 0.1) is 0 Å². The van der Waals surface area contributed by atoms with Crippen LogP contribution in [0.5, 0.6) is 0 Å². The summed E-state index contributed by atoms with van der Waals surface area (Å²) in [7, 11) is 0. The largest absolute Gasteiger partial charge is 0.344 e. The van der Waals surface area contributed by atoms with Crippen LogP contribution in [0.25, 0.3) is 0 Å². The second-order valence-electron chi connectivity index (χ2n) is 7.32. The second-order valence-corrected chi connectivity index (χ2v) is 7.32. The van der Waals surface area contributed by atoms with Crippen LogP contribution in [-0.2, 0) is 19.6 Å². The van der Waals surface area contributed by atoms with E-state index in [1.807, 2.05) is 0 Å². The number of aryl methyl sites for hydroxylation is 1. The third kappa shape index (κ3) is 3.40. The van der Waals surface area contributed by atoms with Gasteiger partial charge >= 0.3 is 0 Å².